The van der Waals surface area contributed by atoms with Crippen LogP contribution >= 0.6 is 0 Å². The van der Waals surface area contributed by atoms with Crippen LogP contribution in [0, 0.1) is 17.2 Å². The summed E-state index contributed by atoms with van der Waals surface area (Å²) >= 11 is -0.406. The third-order valence-corrected chi connectivity index (χ3v) is 7.00. The molecule has 1 N–H and O–H groups in total. The number of nitrogens with one attached hydrogen (secondary N) is 1. The Hall–Kier alpha value is -3.13. The summed E-state index contributed by atoms with van der Waals surface area (Å²) in [5.74, 6) is -0.736. The van der Waals surface area contributed by atoms with E-state index < -0.39 is 42.8 Å². The first-order valence-corrected chi connectivity index (χ1v) is 13.0. The summed E-state index contributed by atoms with van der Waals surface area (Å²) in [4.78, 5) is 13.5. The minimum absolute atomic E-state index is 0.0989. The van der Waals surface area contributed by atoms with Crippen LogP contribution in [-0.4, -0.2) is 39.1 Å². The van der Waals surface area contributed by atoms with Gasteiger partial charge in [0.25, 0.3) is 0 Å². The number of aryl methyl sites for hydroxylation is 1. The molecule has 0 saturated carbocycles. The van der Waals surface area contributed by atoms with E-state index in [1.807, 2.05) is 16.6 Å². The number of nitriles is 1. The number of nitrogens with zero attached hydrogens (tertiary/aromatic N) is 3. The number of rotatable bonds is 7. The SMILES string of the molecule is Cc1ccc(-c2cc(C(F)(F)F)nn2-c2ccc(S(=O)(=O)NC(=O)CC[Se]C#N)cc2)cc1. The molecule has 0 unspecified atom stereocenters. The summed E-state index contributed by atoms with van der Waals surface area (Å²) in [5, 5.41) is 12.5. The molecule has 33 heavy (non-hydrogen) atoms. The van der Waals surface area contributed by atoms with E-state index in [0.29, 0.717) is 5.56 Å². The molecular formula is C21H17F3N4O3SSe. The van der Waals surface area contributed by atoms with Gasteiger partial charge in [-0.1, -0.05) is 29.8 Å². The first-order valence-electron chi connectivity index (χ1n) is 9.42. The predicted octanol–water partition coefficient (Wildman–Crippen LogP) is 3.67. The van der Waals surface area contributed by atoms with Crippen molar-refractivity contribution >= 4 is 30.9 Å². The number of carbonyl (C=O) groups excluding carboxylic acids is 1. The summed E-state index contributed by atoms with van der Waals surface area (Å²) < 4.78 is 67.8. The second-order valence-corrected chi connectivity index (χ2v) is 10.4. The van der Waals surface area contributed by atoms with Gasteiger partial charge in [-0.2, -0.15) is 13.2 Å². The van der Waals surface area contributed by atoms with E-state index in [0.717, 1.165) is 16.3 Å². The number of benzene rings is 2. The Morgan fingerprint density at radius 1 is 1.15 bits per heavy atom. The van der Waals surface area contributed by atoms with E-state index >= 15 is 0 Å². The summed E-state index contributed by atoms with van der Waals surface area (Å²) in [6.07, 6.45) is -4.76. The largest absolute Gasteiger partial charge is 0.0587 e. The van der Waals surface area contributed by atoms with E-state index in [1.54, 1.807) is 24.3 Å². The van der Waals surface area contributed by atoms with Crippen LogP contribution in [0.5, 0.6) is 0 Å². The maximum absolute atomic E-state index is 13.3. The van der Waals surface area contributed by atoms with E-state index in [1.165, 1.54) is 24.3 Å². The Morgan fingerprint density at radius 2 is 1.79 bits per heavy atom. The number of halogens is 3. The molecule has 0 saturated heterocycles. The molecule has 1 heterocycles. The van der Waals surface area contributed by atoms with Crippen molar-refractivity contribution < 1.29 is 26.4 Å². The van der Waals surface area contributed by atoms with Gasteiger partial charge < -0.3 is 0 Å². The number of hydrogen-bond acceptors (Lipinski definition) is 5. The van der Waals surface area contributed by atoms with E-state index in [9.17, 15) is 26.4 Å². The average Bonchev–Trinajstić information content (AvgIpc) is 3.20. The van der Waals surface area contributed by atoms with Crippen molar-refractivity contribution in [2.45, 2.75) is 29.7 Å². The molecule has 0 aliphatic heterocycles. The molecule has 1 amide bonds. The number of alkyl halides is 3. The molecule has 2 aromatic carbocycles. The molecule has 0 aliphatic rings. The van der Waals surface area contributed by atoms with Crippen molar-refractivity contribution in [2.75, 3.05) is 0 Å². The molecule has 3 aromatic rings. The predicted molar refractivity (Wildman–Crippen MR) is 115 cm³/mol. The number of carbonyl (C=O) groups is 1. The van der Waals surface area contributed by atoms with Crippen LogP contribution in [0.15, 0.2) is 59.5 Å². The molecule has 0 bridgehead atoms. The Labute approximate surface area is 194 Å². The fourth-order valence-electron chi connectivity index (χ4n) is 2.86. The first kappa shape index (κ1) is 24.5. The summed E-state index contributed by atoms with van der Waals surface area (Å²) in [7, 11) is -4.17. The number of amides is 1. The topological polar surface area (TPSA) is 105 Å². The molecule has 0 radical (unpaired) electrons. The molecule has 172 valence electrons. The van der Waals surface area contributed by atoms with Gasteiger partial charge in [0.05, 0.1) is 0 Å². The van der Waals surface area contributed by atoms with Crippen LogP contribution in [0.1, 0.15) is 17.7 Å². The Kier molecular flexibility index (Phi) is 7.27. The standard InChI is InChI=1S/C21H17F3N4O3SSe/c1-14-2-4-15(5-3-14)18-12-19(21(22,23)24)26-28(18)16-6-8-17(9-7-16)32(30,31)27-20(29)10-11-33-13-25/h2-9,12H,10-11H2,1H3,(H,27,29). The molecule has 0 atom stereocenters. The van der Waals surface area contributed by atoms with E-state index in [-0.39, 0.29) is 28.0 Å². The minimum atomic E-state index is -4.66. The maximum Gasteiger partial charge on any atom is -0.0526 e. The van der Waals surface area contributed by atoms with Crippen LogP contribution in [0.4, 0.5) is 13.2 Å². The fourth-order valence-corrected chi connectivity index (χ4v) is 4.67. The molecule has 1 aromatic heterocycles. The zero-order valence-corrected chi connectivity index (χ0v) is 19.7. The van der Waals surface area contributed by atoms with Gasteiger partial charge in [0.1, 0.15) is 0 Å². The quantitative estimate of drug-likeness (QED) is 0.363. The normalized spacial score (nSPS) is 11.7. The first-order chi connectivity index (χ1) is 15.5. The monoisotopic (exact) mass is 542 g/mol. The van der Waals surface area contributed by atoms with Gasteiger partial charge in [-0.3, -0.25) is 0 Å². The van der Waals surface area contributed by atoms with Crippen LogP contribution in [0.25, 0.3) is 16.9 Å². The third-order valence-electron chi connectivity index (χ3n) is 4.48. The number of hydrogen-bond donors (Lipinski definition) is 1. The van der Waals surface area contributed by atoms with Gasteiger partial charge in [-0.15, -0.1) is 0 Å². The smallest absolute Gasteiger partial charge is 0.0526 e. The zero-order valence-electron chi connectivity index (χ0n) is 17.1. The van der Waals surface area contributed by atoms with Crippen LogP contribution in [0.2, 0.25) is 5.32 Å². The van der Waals surface area contributed by atoms with Gasteiger partial charge in [0.2, 0.25) is 0 Å². The summed E-state index contributed by atoms with van der Waals surface area (Å²) in [6.45, 7) is 1.85. The summed E-state index contributed by atoms with van der Waals surface area (Å²) in [6, 6.07) is 12.8. The van der Waals surface area contributed by atoms with Gasteiger partial charge >= 0.3 is 145 Å². The van der Waals surface area contributed by atoms with Crippen molar-refractivity contribution in [3.63, 3.8) is 0 Å². The molecule has 7 nitrogen and oxygen atoms in total. The molecule has 12 heteroatoms. The van der Waals surface area contributed by atoms with E-state index in [4.69, 9.17) is 5.26 Å². The zero-order chi connectivity index (χ0) is 24.2. The molecule has 0 fully saturated rings. The fraction of sp³-hybridized carbons (Fsp3) is 0.190. The van der Waals surface area contributed by atoms with Gasteiger partial charge in [0.15, 0.2) is 0 Å². The Bertz CT molecular complexity index is 1300. The Balaban J connectivity index is 1.93. The summed E-state index contributed by atoms with van der Waals surface area (Å²) in [5.41, 5.74) is 0.757. The Morgan fingerprint density at radius 3 is 2.36 bits per heavy atom. The van der Waals surface area contributed by atoms with Crippen LogP contribution in [0.3, 0.4) is 0 Å². The van der Waals surface area contributed by atoms with Crippen LogP contribution in [-0.2, 0) is 21.0 Å². The molecule has 3 rings (SSSR count). The molecular weight excluding hydrogens is 524 g/mol. The third kappa shape index (κ3) is 6.01. The van der Waals surface area contributed by atoms with Gasteiger partial charge in [-0.25, -0.2) is 0 Å². The maximum atomic E-state index is 13.3. The van der Waals surface area contributed by atoms with Crippen molar-refractivity contribution in [2.24, 2.45) is 0 Å². The van der Waals surface area contributed by atoms with Crippen molar-refractivity contribution in [1.82, 2.24) is 14.5 Å². The van der Waals surface area contributed by atoms with Gasteiger partial charge in [0, 0.05) is 0 Å². The minimum Gasteiger partial charge on any atom is -0.0587 e. The number of aromatic nitrogens is 2. The van der Waals surface area contributed by atoms with Crippen molar-refractivity contribution in [3.8, 4) is 21.9 Å². The second-order valence-electron chi connectivity index (χ2n) is 6.90. The van der Waals surface area contributed by atoms with Crippen molar-refractivity contribution in [1.29, 1.82) is 5.26 Å². The van der Waals surface area contributed by atoms with Crippen LogP contribution < -0.4 is 4.72 Å². The molecule has 0 spiro atoms. The van der Waals surface area contributed by atoms with Crippen molar-refractivity contribution in [3.05, 3.63) is 65.9 Å². The number of sulfonamides is 1. The van der Waals surface area contributed by atoms with Gasteiger partial charge in [-0.05, 0) is 6.92 Å². The molecule has 0 aliphatic carbocycles. The van der Waals surface area contributed by atoms with E-state index in [2.05, 4.69) is 5.10 Å². The average molecular weight is 541 g/mol. The second kappa shape index (κ2) is 9.79.